The molecule has 0 bridgehead atoms. The summed E-state index contributed by atoms with van der Waals surface area (Å²) in [5.74, 6) is 2.04. The Balaban J connectivity index is 1.60. The average molecular weight is 139 g/mol. The summed E-state index contributed by atoms with van der Waals surface area (Å²) < 4.78 is 0. The highest BCUT2D eigenvalue weighted by molar-refractivity contribution is 4.83. The molecule has 2 saturated carbocycles. The van der Waals surface area contributed by atoms with Crippen LogP contribution in [-0.2, 0) is 0 Å². The third-order valence-electron chi connectivity index (χ3n) is 2.67. The van der Waals surface area contributed by atoms with Gasteiger partial charge in [0, 0.05) is 6.04 Å². The highest BCUT2D eigenvalue weighted by Gasteiger charge is 2.28. The molecule has 0 atom stereocenters. The van der Waals surface area contributed by atoms with Gasteiger partial charge in [0.15, 0.2) is 0 Å². The number of nitrogens with two attached hydrogens (primary N) is 1. The van der Waals surface area contributed by atoms with E-state index in [1.807, 2.05) is 0 Å². The highest BCUT2D eigenvalue weighted by Crippen LogP contribution is 2.38. The zero-order chi connectivity index (χ0) is 6.97. The van der Waals surface area contributed by atoms with Gasteiger partial charge in [-0.3, -0.25) is 0 Å². The average Bonchev–Trinajstić information content (AvgIpc) is 2.59. The highest BCUT2D eigenvalue weighted by atomic mass is 14.6. The van der Waals surface area contributed by atoms with Crippen molar-refractivity contribution in [3.05, 3.63) is 0 Å². The molecule has 0 saturated heterocycles. The van der Waals surface area contributed by atoms with E-state index >= 15 is 0 Å². The van der Waals surface area contributed by atoms with Crippen molar-refractivity contribution in [3.8, 4) is 0 Å². The lowest BCUT2D eigenvalue weighted by atomic mass is 10.1. The van der Waals surface area contributed by atoms with E-state index in [1.165, 1.54) is 38.5 Å². The first-order valence-electron chi connectivity index (χ1n) is 4.60. The van der Waals surface area contributed by atoms with Crippen molar-refractivity contribution in [2.75, 3.05) is 0 Å². The minimum absolute atomic E-state index is 0.542. The quantitative estimate of drug-likeness (QED) is 0.632. The lowest BCUT2D eigenvalue weighted by Crippen LogP contribution is -2.20. The minimum Gasteiger partial charge on any atom is -0.328 e. The molecule has 2 rings (SSSR count). The maximum atomic E-state index is 5.96. The molecule has 0 unspecified atom stereocenters. The lowest BCUT2D eigenvalue weighted by molar-refractivity contribution is 0.505. The van der Waals surface area contributed by atoms with Gasteiger partial charge >= 0.3 is 0 Å². The monoisotopic (exact) mass is 139 g/mol. The van der Waals surface area contributed by atoms with Crippen molar-refractivity contribution < 1.29 is 0 Å². The van der Waals surface area contributed by atoms with Crippen LogP contribution in [0, 0.1) is 11.8 Å². The molecule has 0 spiro atoms. The van der Waals surface area contributed by atoms with Gasteiger partial charge in [0.2, 0.25) is 0 Å². The molecule has 2 N–H and O–H groups in total. The molecule has 0 aromatic rings. The Kier molecular flexibility index (Phi) is 1.69. The van der Waals surface area contributed by atoms with E-state index < -0.39 is 0 Å². The fourth-order valence-electron chi connectivity index (χ4n) is 1.66. The molecule has 0 aliphatic heterocycles. The molecule has 2 aliphatic rings. The van der Waals surface area contributed by atoms with Crippen molar-refractivity contribution in [1.82, 2.24) is 0 Å². The van der Waals surface area contributed by atoms with Gasteiger partial charge in [-0.25, -0.2) is 0 Å². The number of rotatable bonds is 4. The molecule has 1 nitrogen and oxygen atoms in total. The Morgan fingerprint density at radius 2 is 1.40 bits per heavy atom. The van der Waals surface area contributed by atoms with Crippen LogP contribution in [0.2, 0.25) is 0 Å². The fraction of sp³-hybridized carbons (Fsp3) is 1.00. The van der Waals surface area contributed by atoms with Crippen LogP contribution in [0.5, 0.6) is 0 Å². The summed E-state index contributed by atoms with van der Waals surface area (Å²) in [6.45, 7) is 0. The molecule has 1 heteroatoms. The summed E-state index contributed by atoms with van der Waals surface area (Å²) in [7, 11) is 0. The van der Waals surface area contributed by atoms with Crippen LogP contribution in [0.15, 0.2) is 0 Å². The van der Waals surface area contributed by atoms with Crippen LogP contribution in [0.4, 0.5) is 0 Å². The van der Waals surface area contributed by atoms with Gasteiger partial charge in [0.05, 0.1) is 0 Å². The smallest absolute Gasteiger partial charge is 0.00441 e. The van der Waals surface area contributed by atoms with Crippen LogP contribution >= 0.6 is 0 Å². The van der Waals surface area contributed by atoms with Crippen LogP contribution < -0.4 is 5.73 Å². The molecule has 2 aliphatic carbocycles. The zero-order valence-corrected chi connectivity index (χ0v) is 6.55. The predicted octanol–water partition coefficient (Wildman–Crippen LogP) is 1.91. The van der Waals surface area contributed by atoms with Gasteiger partial charge in [-0.2, -0.15) is 0 Å². The summed E-state index contributed by atoms with van der Waals surface area (Å²) >= 11 is 0. The van der Waals surface area contributed by atoms with Gasteiger partial charge in [0.25, 0.3) is 0 Å². The van der Waals surface area contributed by atoms with Gasteiger partial charge in [-0.15, -0.1) is 0 Å². The molecule has 0 radical (unpaired) electrons. The first-order chi connectivity index (χ1) is 4.84. The van der Waals surface area contributed by atoms with E-state index in [0.29, 0.717) is 6.04 Å². The topological polar surface area (TPSA) is 26.0 Å². The van der Waals surface area contributed by atoms with Crippen molar-refractivity contribution in [1.29, 1.82) is 0 Å². The lowest BCUT2D eigenvalue weighted by Gasteiger charge is -2.08. The molecule has 58 valence electrons. The Bertz CT molecular complexity index is 99.9. The maximum absolute atomic E-state index is 5.96. The zero-order valence-electron chi connectivity index (χ0n) is 6.55. The molecule has 0 amide bonds. The summed E-state index contributed by atoms with van der Waals surface area (Å²) in [6.07, 6.45) is 8.46. The van der Waals surface area contributed by atoms with Crippen LogP contribution in [0.1, 0.15) is 38.5 Å². The summed E-state index contributed by atoms with van der Waals surface area (Å²) in [5.41, 5.74) is 5.96. The SMILES string of the molecule is NC(CC1CC1)CC1CC1. The Labute approximate surface area is 63.0 Å². The van der Waals surface area contributed by atoms with Crippen molar-refractivity contribution in [2.45, 2.75) is 44.6 Å². The van der Waals surface area contributed by atoms with Crippen molar-refractivity contribution >= 4 is 0 Å². The van der Waals surface area contributed by atoms with Crippen LogP contribution in [0.25, 0.3) is 0 Å². The molecule has 0 aromatic heterocycles. The number of hydrogen-bond acceptors (Lipinski definition) is 1. The van der Waals surface area contributed by atoms with Crippen molar-refractivity contribution in [3.63, 3.8) is 0 Å². The third-order valence-corrected chi connectivity index (χ3v) is 2.67. The molecule has 0 aromatic carbocycles. The van der Waals surface area contributed by atoms with Gasteiger partial charge in [0.1, 0.15) is 0 Å². The summed E-state index contributed by atoms with van der Waals surface area (Å²) in [4.78, 5) is 0. The molecule has 10 heavy (non-hydrogen) atoms. The van der Waals surface area contributed by atoms with Crippen molar-refractivity contribution in [2.24, 2.45) is 17.6 Å². The van der Waals surface area contributed by atoms with Crippen LogP contribution in [-0.4, -0.2) is 6.04 Å². The normalized spacial score (nSPS) is 25.8. The summed E-state index contributed by atoms with van der Waals surface area (Å²) in [5, 5.41) is 0. The second-order valence-electron chi connectivity index (χ2n) is 4.12. The first-order valence-corrected chi connectivity index (χ1v) is 4.60. The Morgan fingerprint density at radius 1 is 1.00 bits per heavy atom. The second-order valence-corrected chi connectivity index (χ2v) is 4.12. The summed E-state index contributed by atoms with van der Waals surface area (Å²) in [6, 6.07) is 0.542. The van der Waals surface area contributed by atoms with Gasteiger partial charge in [-0.1, -0.05) is 25.7 Å². The van der Waals surface area contributed by atoms with E-state index in [2.05, 4.69) is 0 Å². The Morgan fingerprint density at radius 3 is 1.70 bits per heavy atom. The first kappa shape index (κ1) is 6.66. The molecule has 0 heterocycles. The standard InChI is InChI=1S/C9H17N/c10-9(5-7-1-2-7)6-8-3-4-8/h7-9H,1-6,10H2. The van der Waals surface area contributed by atoms with E-state index in [-0.39, 0.29) is 0 Å². The van der Waals surface area contributed by atoms with Gasteiger partial charge < -0.3 is 5.73 Å². The van der Waals surface area contributed by atoms with Crippen LogP contribution in [0.3, 0.4) is 0 Å². The van der Waals surface area contributed by atoms with E-state index in [4.69, 9.17) is 5.73 Å². The minimum atomic E-state index is 0.542. The van der Waals surface area contributed by atoms with Gasteiger partial charge in [-0.05, 0) is 24.7 Å². The molecule has 2 fully saturated rings. The van der Waals surface area contributed by atoms with E-state index in [9.17, 15) is 0 Å². The number of hydrogen-bond donors (Lipinski definition) is 1. The Hall–Kier alpha value is -0.0400. The largest absolute Gasteiger partial charge is 0.328 e. The third kappa shape index (κ3) is 1.98. The predicted molar refractivity (Wildman–Crippen MR) is 42.7 cm³/mol. The fourth-order valence-corrected chi connectivity index (χ4v) is 1.66. The molecular weight excluding hydrogens is 122 g/mol. The van der Waals surface area contributed by atoms with E-state index in [0.717, 1.165) is 11.8 Å². The van der Waals surface area contributed by atoms with E-state index in [1.54, 1.807) is 0 Å². The molecular formula is C9H17N. The maximum Gasteiger partial charge on any atom is 0.00441 e. The second kappa shape index (κ2) is 2.54.